The van der Waals surface area contributed by atoms with Crippen molar-refractivity contribution in [2.75, 3.05) is 35.7 Å². The van der Waals surface area contributed by atoms with Crippen LogP contribution in [0.1, 0.15) is 33.3 Å². The molecule has 0 aromatic heterocycles. The summed E-state index contributed by atoms with van der Waals surface area (Å²) in [6.07, 6.45) is 5.22. The maximum absolute atomic E-state index is 5.58. The summed E-state index contributed by atoms with van der Waals surface area (Å²) in [5.41, 5.74) is 4.09. The SMILES string of the molecule is C=CN(CC=NC=NCC)c1ccc(NC(=C)Nc2cc(C(C)(C)C)ccc2OC)c2ccccc12. The molecule has 0 aliphatic heterocycles. The van der Waals surface area contributed by atoms with Gasteiger partial charge in [0.05, 0.1) is 19.3 Å². The van der Waals surface area contributed by atoms with Gasteiger partial charge in [-0.05, 0) is 48.4 Å². The van der Waals surface area contributed by atoms with Crippen LogP contribution in [0.5, 0.6) is 5.75 Å². The molecule has 0 bridgehead atoms. The van der Waals surface area contributed by atoms with Gasteiger partial charge in [0.2, 0.25) is 0 Å². The average molecular weight is 484 g/mol. The van der Waals surface area contributed by atoms with E-state index in [1.807, 2.05) is 37.5 Å². The molecule has 6 heteroatoms. The molecule has 0 atom stereocenters. The Labute approximate surface area is 215 Å². The fourth-order valence-corrected chi connectivity index (χ4v) is 3.85. The van der Waals surface area contributed by atoms with Crippen molar-refractivity contribution in [2.45, 2.75) is 33.1 Å². The second-order valence-electron chi connectivity index (χ2n) is 9.35. The highest BCUT2D eigenvalue weighted by Gasteiger charge is 2.17. The zero-order valence-electron chi connectivity index (χ0n) is 22.0. The molecule has 36 heavy (non-hydrogen) atoms. The normalized spacial score (nSPS) is 11.7. The lowest BCUT2D eigenvalue weighted by Crippen LogP contribution is -2.18. The summed E-state index contributed by atoms with van der Waals surface area (Å²) in [5.74, 6) is 1.42. The third-order valence-corrected chi connectivity index (χ3v) is 5.78. The van der Waals surface area contributed by atoms with E-state index in [0.717, 1.165) is 40.1 Å². The monoisotopic (exact) mass is 483 g/mol. The van der Waals surface area contributed by atoms with Crippen molar-refractivity contribution in [3.63, 3.8) is 0 Å². The zero-order chi connectivity index (χ0) is 26.1. The fourth-order valence-electron chi connectivity index (χ4n) is 3.85. The van der Waals surface area contributed by atoms with Crippen LogP contribution in [-0.2, 0) is 5.41 Å². The number of nitrogens with zero attached hydrogens (tertiary/aromatic N) is 3. The van der Waals surface area contributed by atoms with Gasteiger partial charge in [-0.1, -0.05) is 64.3 Å². The number of fused-ring (bicyclic) bond motifs is 1. The van der Waals surface area contributed by atoms with E-state index in [4.69, 9.17) is 4.74 Å². The quantitative estimate of drug-likeness (QED) is 0.223. The first kappa shape index (κ1) is 26.5. The summed E-state index contributed by atoms with van der Waals surface area (Å²) in [4.78, 5) is 10.4. The van der Waals surface area contributed by atoms with Crippen molar-refractivity contribution >= 4 is 40.4 Å². The lowest BCUT2D eigenvalue weighted by Gasteiger charge is -2.23. The molecule has 0 radical (unpaired) electrons. The van der Waals surface area contributed by atoms with Gasteiger partial charge in [-0.15, -0.1) is 0 Å². The Morgan fingerprint density at radius 3 is 2.42 bits per heavy atom. The standard InChI is InChI=1S/C30H37N5O/c1-8-31-21-32-18-19-35(9-2)28-16-15-26(24-12-10-11-13-25(24)28)33-22(3)34-27-20-23(30(4,5)6)14-17-29(27)36-7/h9-18,20-21,33-34H,2-3,8,19H2,1,4-7H3. The number of benzene rings is 3. The van der Waals surface area contributed by atoms with Crippen molar-refractivity contribution in [1.82, 2.24) is 0 Å². The van der Waals surface area contributed by atoms with E-state index in [0.29, 0.717) is 12.4 Å². The first-order chi connectivity index (χ1) is 17.3. The summed E-state index contributed by atoms with van der Waals surface area (Å²) < 4.78 is 5.58. The van der Waals surface area contributed by atoms with Gasteiger partial charge >= 0.3 is 0 Å². The molecule has 0 aliphatic carbocycles. The maximum atomic E-state index is 5.58. The van der Waals surface area contributed by atoms with E-state index in [1.54, 1.807) is 13.4 Å². The van der Waals surface area contributed by atoms with E-state index < -0.39 is 0 Å². The van der Waals surface area contributed by atoms with Gasteiger partial charge in [0.25, 0.3) is 0 Å². The summed E-state index contributed by atoms with van der Waals surface area (Å²) in [5, 5.41) is 9.01. The number of hydrogen-bond acceptors (Lipinski definition) is 5. The number of hydrogen-bond donors (Lipinski definition) is 2. The number of ether oxygens (including phenoxy) is 1. The summed E-state index contributed by atoms with van der Waals surface area (Å²) >= 11 is 0. The van der Waals surface area contributed by atoms with E-state index in [2.05, 4.69) is 95.8 Å². The van der Waals surface area contributed by atoms with Crippen molar-refractivity contribution in [3.8, 4) is 5.75 Å². The molecular formula is C30H37N5O. The van der Waals surface area contributed by atoms with Crippen LogP contribution in [0, 0.1) is 0 Å². The van der Waals surface area contributed by atoms with Crippen LogP contribution in [-0.4, -0.2) is 32.8 Å². The molecular weight excluding hydrogens is 446 g/mol. The van der Waals surface area contributed by atoms with Crippen LogP contribution < -0.4 is 20.3 Å². The molecule has 3 aromatic carbocycles. The van der Waals surface area contributed by atoms with Crippen LogP contribution >= 0.6 is 0 Å². The lowest BCUT2D eigenvalue weighted by molar-refractivity contribution is 0.416. The van der Waals surface area contributed by atoms with Gasteiger partial charge in [-0.3, -0.25) is 4.99 Å². The summed E-state index contributed by atoms with van der Waals surface area (Å²) in [7, 11) is 1.67. The minimum Gasteiger partial charge on any atom is -0.495 e. The van der Waals surface area contributed by atoms with Crippen LogP contribution in [0.2, 0.25) is 0 Å². The highest BCUT2D eigenvalue weighted by atomic mass is 16.5. The van der Waals surface area contributed by atoms with Crippen LogP contribution in [0.3, 0.4) is 0 Å². The average Bonchev–Trinajstić information content (AvgIpc) is 2.86. The number of rotatable bonds is 11. The Balaban J connectivity index is 1.86. The third-order valence-electron chi connectivity index (χ3n) is 5.78. The molecule has 0 unspecified atom stereocenters. The molecule has 3 rings (SSSR count). The molecule has 0 saturated carbocycles. The number of methoxy groups -OCH3 is 1. The molecule has 6 nitrogen and oxygen atoms in total. The zero-order valence-corrected chi connectivity index (χ0v) is 22.0. The minimum absolute atomic E-state index is 0.0219. The first-order valence-corrected chi connectivity index (χ1v) is 12.1. The predicted octanol–water partition coefficient (Wildman–Crippen LogP) is 7.21. The van der Waals surface area contributed by atoms with Gasteiger partial charge in [0.15, 0.2) is 0 Å². The van der Waals surface area contributed by atoms with Crippen molar-refractivity contribution in [2.24, 2.45) is 9.98 Å². The molecule has 0 fully saturated rings. The van der Waals surface area contributed by atoms with Gasteiger partial charge in [-0.2, -0.15) is 0 Å². The highest BCUT2D eigenvalue weighted by Crippen LogP contribution is 2.35. The summed E-state index contributed by atoms with van der Waals surface area (Å²) in [6.45, 7) is 18.1. The van der Waals surface area contributed by atoms with Crippen LogP contribution in [0.15, 0.2) is 89.8 Å². The second kappa shape index (κ2) is 12.1. The van der Waals surface area contributed by atoms with Crippen molar-refractivity contribution in [3.05, 3.63) is 85.3 Å². The van der Waals surface area contributed by atoms with E-state index in [1.165, 1.54) is 5.56 Å². The molecule has 0 heterocycles. The van der Waals surface area contributed by atoms with Gasteiger partial charge < -0.3 is 20.3 Å². The van der Waals surface area contributed by atoms with E-state index in [-0.39, 0.29) is 5.41 Å². The van der Waals surface area contributed by atoms with Crippen LogP contribution in [0.4, 0.5) is 17.1 Å². The molecule has 188 valence electrons. The van der Waals surface area contributed by atoms with Crippen molar-refractivity contribution < 1.29 is 4.74 Å². The van der Waals surface area contributed by atoms with Gasteiger partial charge in [0.1, 0.15) is 17.9 Å². The third kappa shape index (κ3) is 6.54. The van der Waals surface area contributed by atoms with Gasteiger partial charge in [-0.25, -0.2) is 4.99 Å². The van der Waals surface area contributed by atoms with Gasteiger partial charge in [0, 0.05) is 34.9 Å². The van der Waals surface area contributed by atoms with Crippen LogP contribution in [0.25, 0.3) is 10.8 Å². The Morgan fingerprint density at radius 2 is 1.75 bits per heavy atom. The largest absolute Gasteiger partial charge is 0.495 e. The van der Waals surface area contributed by atoms with E-state index >= 15 is 0 Å². The highest BCUT2D eigenvalue weighted by molar-refractivity contribution is 6.03. The predicted molar refractivity (Wildman–Crippen MR) is 157 cm³/mol. The molecule has 0 saturated heterocycles. The maximum Gasteiger partial charge on any atom is 0.142 e. The minimum atomic E-state index is 0.0219. The van der Waals surface area contributed by atoms with Crippen molar-refractivity contribution in [1.29, 1.82) is 0 Å². The fraction of sp³-hybridized carbons (Fsp3) is 0.267. The topological polar surface area (TPSA) is 61.2 Å². The number of nitrogens with one attached hydrogen (secondary N) is 2. The lowest BCUT2D eigenvalue weighted by atomic mass is 9.87. The Kier molecular flexibility index (Phi) is 8.90. The summed E-state index contributed by atoms with van der Waals surface area (Å²) in [6, 6.07) is 18.6. The molecule has 0 amide bonds. The van der Waals surface area contributed by atoms with E-state index in [9.17, 15) is 0 Å². The Bertz CT molecular complexity index is 1270. The molecule has 0 spiro atoms. The smallest absolute Gasteiger partial charge is 0.142 e. The molecule has 2 N–H and O–H groups in total. The second-order valence-corrected chi connectivity index (χ2v) is 9.35. The number of aliphatic imine (C=N–C) groups is 2. The Hall–Kier alpha value is -4.06. The molecule has 0 aliphatic rings. The Morgan fingerprint density at radius 1 is 1.03 bits per heavy atom. The number of anilines is 3. The first-order valence-electron chi connectivity index (χ1n) is 12.1. The molecule has 3 aromatic rings.